The Morgan fingerprint density at radius 2 is 1.94 bits per heavy atom. The van der Waals surface area contributed by atoms with Gasteiger partial charge in [0, 0.05) is 29.8 Å². The van der Waals surface area contributed by atoms with E-state index in [-0.39, 0.29) is 0 Å². The molecule has 1 aliphatic rings. The molecule has 0 bridgehead atoms. The van der Waals surface area contributed by atoms with Crippen LogP contribution in [0.1, 0.15) is 68.7 Å². The van der Waals surface area contributed by atoms with Gasteiger partial charge in [-0.2, -0.15) is 0 Å². The average molecular weight is 450 g/mol. The number of aromatic nitrogens is 1. The van der Waals surface area contributed by atoms with Gasteiger partial charge in [0.05, 0.1) is 24.6 Å². The van der Waals surface area contributed by atoms with E-state index in [9.17, 15) is 9.90 Å². The number of carboxylic acids is 1. The second kappa shape index (κ2) is 10.8. The molecule has 0 saturated heterocycles. The minimum absolute atomic E-state index is 0.483. The molecule has 1 N–H and O–H groups in total. The molecule has 1 heterocycles. The number of rotatable bonds is 11. The number of fused-ring (bicyclic) bond motifs is 3. The smallest absolute Gasteiger partial charge is 0.311 e. The predicted octanol–water partition coefficient (Wildman–Crippen LogP) is 6.36. The Balaban J connectivity index is 1.73. The van der Waals surface area contributed by atoms with E-state index in [1.54, 1.807) is 0 Å². The molecule has 5 nitrogen and oxygen atoms in total. The van der Waals surface area contributed by atoms with Gasteiger partial charge >= 0.3 is 5.97 Å². The van der Waals surface area contributed by atoms with Crippen LogP contribution in [0, 0.1) is 0 Å². The van der Waals surface area contributed by atoms with E-state index in [1.165, 1.54) is 11.3 Å². The number of ether oxygens (including phenoxy) is 2. The molecule has 1 unspecified atom stereocenters. The van der Waals surface area contributed by atoms with Crippen molar-refractivity contribution in [3.8, 4) is 11.5 Å². The number of carbonyl (C=O) groups is 1. The van der Waals surface area contributed by atoms with Crippen LogP contribution in [-0.2, 0) is 24.2 Å². The minimum Gasteiger partial charge on any atom is -0.494 e. The molecule has 0 fully saturated rings. The summed E-state index contributed by atoms with van der Waals surface area (Å²) in [5.74, 6) is 0.310. The molecule has 0 radical (unpaired) electrons. The lowest BCUT2D eigenvalue weighted by Gasteiger charge is -2.21. The van der Waals surface area contributed by atoms with Crippen LogP contribution in [0.25, 0.3) is 10.9 Å². The zero-order chi connectivity index (χ0) is 23.2. The van der Waals surface area contributed by atoms with E-state index in [0.717, 1.165) is 73.0 Å². The first-order chi connectivity index (χ1) is 16.1. The van der Waals surface area contributed by atoms with Gasteiger partial charge in [0.25, 0.3) is 0 Å². The zero-order valence-electron chi connectivity index (χ0n) is 19.8. The van der Waals surface area contributed by atoms with E-state index < -0.39 is 11.9 Å². The Bertz CT molecular complexity index is 1090. The Labute approximate surface area is 196 Å². The Morgan fingerprint density at radius 3 is 2.67 bits per heavy atom. The number of nitrogens with zero attached hydrogens (tertiary/aromatic N) is 1. The van der Waals surface area contributed by atoms with E-state index >= 15 is 0 Å². The summed E-state index contributed by atoms with van der Waals surface area (Å²) in [7, 11) is 0. The van der Waals surface area contributed by atoms with Gasteiger partial charge in [-0.15, -0.1) is 0 Å². The molecular formula is C28H35NO4. The fourth-order valence-electron chi connectivity index (χ4n) is 5.04. The summed E-state index contributed by atoms with van der Waals surface area (Å²) in [5.41, 5.74) is 4.47. The van der Waals surface area contributed by atoms with Crippen molar-refractivity contribution in [2.75, 3.05) is 13.2 Å². The van der Waals surface area contributed by atoms with Crippen LogP contribution in [0.15, 0.2) is 42.5 Å². The van der Waals surface area contributed by atoms with E-state index in [0.29, 0.717) is 19.6 Å². The molecule has 4 rings (SSSR count). The summed E-state index contributed by atoms with van der Waals surface area (Å²) in [5, 5.41) is 11.0. The standard InChI is InChI=1S/C28H35NO4/c1-3-5-16-29-23-15-9-14-22(28(30)31)26(23)27-24(29)18-21(32-4-2)19-25(27)33-17-10-13-20-11-7-6-8-12-20/h6-8,11-12,18-19,22H,3-5,9-10,13-17H2,1-2H3,(H,30,31). The van der Waals surface area contributed by atoms with Crippen molar-refractivity contribution >= 4 is 16.9 Å². The van der Waals surface area contributed by atoms with Gasteiger partial charge in [-0.05, 0) is 56.6 Å². The van der Waals surface area contributed by atoms with Crippen molar-refractivity contribution in [3.63, 3.8) is 0 Å². The third kappa shape index (κ3) is 5.02. The fraction of sp³-hybridized carbons (Fsp3) is 0.464. The van der Waals surface area contributed by atoms with Crippen LogP contribution in [-0.4, -0.2) is 28.9 Å². The first kappa shape index (κ1) is 23.2. The summed E-state index contributed by atoms with van der Waals surface area (Å²) in [6.45, 7) is 6.20. The molecule has 2 aromatic carbocycles. The summed E-state index contributed by atoms with van der Waals surface area (Å²) < 4.78 is 14.6. The Morgan fingerprint density at radius 1 is 1.12 bits per heavy atom. The summed E-state index contributed by atoms with van der Waals surface area (Å²) in [6.07, 6.45) is 6.47. The van der Waals surface area contributed by atoms with Crippen molar-refractivity contribution in [2.45, 2.75) is 71.3 Å². The zero-order valence-corrected chi connectivity index (χ0v) is 19.8. The van der Waals surface area contributed by atoms with E-state index in [4.69, 9.17) is 9.47 Å². The lowest BCUT2D eigenvalue weighted by Crippen LogP contribution is -2.19. The number of hydrogen-bond acceptors (Lipinski definition) is 3. The van der Waals surface area contributed by atoms with E-state index in [2.05, 4.69) is 41.8 Å². The molecule has 0 amide bonds. The lowest BCUT2D eigenvalue weighted by molar-refractivity contribution is -0.139. The van der Waals surface area contributed by atoms with Gasteiger partial charge in [0.15, 0.2) is 0 Å². The van der Waals surface area contributed by atoms with Crippen molar-refractivity contribution in [2.24, 2.45) is 0 Å². The highest BCUT2D eigenvalue weighted by molar-refractivity contribution is 5.97. The summed E-state index contributed by atoms with van der Waals surface area (Å²) in [4.78, 5) is 12.2. The molecule has 3 aromatic rings. The number of aliphatic carboxylic acids is 1. The number of unbranched alkanes of at least 4 members (excludes halogenated alkanes) is 1. The molecule has 1 aromatic heterocycles. The second-order valence-electron chi connectivity index (χ2n) is 8.83. The third-order valence-corrected chi connectivity index (χ3v) is 6.56. The first-order valence-electron chi connectivity index (χ1n) is 12.3. The van der Waals surface area contributed by atoms with Crippen molar-refractivity contribution in [3.05, 3.63) is 59.3 Å². The maximum Gasteiger partial charge on any atom is 0.311 e. The van der Waals surface area contributed by atoms with Gasteiger partial charge in [0.2, 0.25) is 0 Å². The van der Waals surface area contributed by atoms with Crippen LogP contribution in [0.5, 0.6) is 11.5 Å². The molecule has 1 atom stereocenters. The third-order valence-electron chi connectivity index (χ3n) is 6.56. The molecule has 5 heteroatoms. The molecule has 0 spiro atoms. The van der Waals surface area contributed by atoms with Crippen molar-refractivity contribution < 1.29 is 19.4 Å². The topological polar surface area (TPSA) is 60.7 Å². The Hall–Kier alpha value is -2.95. The highest BCUT2D eigenvalue weighted by Gasteiger charge is 2.33. The van der Waals surface area contributed by atoms with Gasteiger partial charge in [0.1, 0.15) is 11.5 Å². The lowest BCUT2D eigenvalue weighted by atomic mass is 9.85. The van der Waals surface area contributed by atoms with Crippen molar-refractivity contribution in [1.82, 2.24) is 4.57 Å². The van der Waals surface area contributed by atoms with Gasteiger partial charge in [-0.3, -0.25) is 4.79 Å². The quantitative estimate of drug-likeness (QED) is 0.346. The van der Waals surface area contributed by atoms with Crippen LogP contribution in [0.4, 0.5) is 0 Å². The van der Waals surface area contributed by atoms with Crippen LogP contribution in [0.3, 0.4) is 0 Å². The van der Waals surface area contributed by atoms with Gasteiger partial charge < -0.3 is 19.1 Å². The maximum atomic E-state index is 12.2. The van der Waals surface area contributed by atoms with Gasteiger partial charge in [-0.1, -0.05) is 43.7 Å². The summed E-state index contributed by atoms with van der Waals surface area (Å²) >= 11 is 0. The molecule has 0 saturated carbocycles. The van der Waals surface area contributed by atoms with Crippen LogP contribution in [0.2, 0.25) is 0 Å². The van der Waals surface area contributed by atoms with E-state index in [1.807, 2.05) is 19.1 Å². The monoisotopic (exact) mass is 449 g/mol. The van der Waals surface area contributed by atoms with Crippen molar-refractivity contribution in [1.29, 1.82) is 0 Å². The number of hydrogen-bond donors (Lipinski definition) is 1. The molecular weight excluding hydrogens is 414 g/mol. The molecule has 33 heavy (non-hydrogen) atoms. The molecule has 176 valence electrons. The summed E-state index contributed by atoms with van der Waals surface area (Å²) in [6, 6.07) is 14.4. The number of carboxylic acid groups (broad SMARTS) is 1. The molecule has 1 aliphatic carbocycles. The normalized spacial score (nSPS) is 15.4. The number of aryl methyl sites for hydroxylation is 2. The largest absolute Gasteiger partial charge is 0.494 e. The second-order valence-corrected chi connectivity index (χ2v) is 8.83. The van der Waals surface area contributed by atoms with Crippen LogP contribution >= 0.6 is 0 Å². The first-order valence-corrected chi connectivity index (χ1v) is 12.3. The fourth-order valence-corrected chi connectivity index (χ4v) is 5.04. The predicted molar refractivity (Wildman–Crippen MR) is 132 cm³/mol. The van der Waals surface area contributed by atoms with Gasteiger partial charge in [-0.25, -0.2) is 0 Å². The SMILES string of the molecule is CCCCn1c2c(c3c(OCCCc4ccccc4)cc(OCC)cc31)C(C(=O)O)CCC2. The highest BCUT2D eigenvalue weighted by atomic mass is 16.5. The molecule has 0 aliphatic heterocycles. The minimum atomic E-state index is -0.741. The maximum absolute atomic E-state index is 12.2. The van der Waals surface area contributed by atoms with Crippen LogP contribution < -0.4 is 9.47 Å². The number of benzene rings is 2. The Kier molecular flexibility index (Phi) is 7.58. The highest BCUT2D eigenvalue weighted by Crippen LogP contribution is 2.45. The average Bonchev–Trinajstić information content (AvgIpc) is 3.14.